The van der Waals surface area contributed by atoms with E-state index in [-0.39, 0.29) is 12.5 Å². The Morgan fingerprint density at radius 3 is 2.54 bits per heavy atom. The summed E-state index contributed by atoms with van der Waals surface area (Å²) in [7, 11) is 0. The topological polar surface area (TPSA) is 78.5 Å². The Hall–Kier alpha value is -2.58. The van der Waals surface area contributed by atoms with Gasteiger partial charge in [-0.2, -0.15) is 0 Å². The van der Waals surface area contributed by atoms with E-state index in [0.29, 0.717) is 19.0 Å². The lowest BCUT2D eigenvalue weighted by Gasteiger charge is -2.25. The number of carbonyl (C=O) groups excluding carboxylic acids is 3. The maximum atomic E-state index is 13.4. The van der Waals surface area contributed by atoms with Gasteiger partial charge in [0.15, 0.2) is 17.5 Å². The summed E-state index contributed by atoms with van der Waals surface area (Å²) in [5, 5.41) is 4.31. The van der Waals surface area contributed by atoms with Gasteiger partial charge >= 0.3 is 0 Å². The van der Waals surface area contributed by atoms with Gasteiger partial charge in [0.1, 0.15) is 0 Å². The molecule has 1 aromatic rings. The quantitative estimate of drug-likeness (QED) is 0.788. The van der Waals surface area contributed by atoms with Crippen molar-refractivity contribution >= 4 is 23.4 Å². The zero-order valence-electron chi connectivity index (χ0n) is 12.7. The number of hydrogen-bond acceptors (Lipinski definition) is 3. The maximum Gasteiger partial charge on any atom is 0.243 e. The van der Waals surface area contributed by atoms with Crippen LogP contribution >= 0.6 is 0 Å². The van der Waals surface area contributed by atoms with Crippen molar-refractivity contribution in [3.8, 4) is 0 Å². The van der Waals surface area contributed by atoms with Crippen molar-refractivity contribution in [3.05, 3.63) is 29.6 Å². The highest BCUT2D eigenvalue weighted by atomic mass is 19.2. The molecule has 0 aromatic heterocycles. The molecule has 2 N–H and O–H groups in total. The predicted octanol–water partition coefficient (Wildman–Crippen LogP) is 1.17. The third-order valence-corrected chi connectivity index (χ3v) is 3.51. The van der Waals surface area contributed by atoms with Crippen molar-refractivity contribution in [2.24, 2.45) is 0 Å². The summed E-state index contributed by atoms with van der Waals surface area (Å²) in [6.45, 7) is -0.163. The first-order chi connectivity index (χ1) is 11.4. The molecular weight excluding hydrogens is 327 g/mol. The van der Waals surface area contributed by atoms with Gasteiger partial charge in [-0.1, -0.05) is 0 Å². The van der Waals surface area contributed by atoms with E-state index in [1.54, 1.807) is 0 Å². The molecule has 1 fully saturated rings. The van der Waals surface area contributed by atoms with Crippen LogP contribution in [0.5, 0.6) is 0 Å². The predicted molar refractivity (Wildman–Crippen MR) is 78.4 cm³/mol. The van der Waals surface area contributed by atoms with Crippen LogP contribution in [0.4, 0.5) is 18.9 Å². The zero-order valence-corrected chi connectivity index (χ0v) is 12.7. The first-order valence-electron chi connectivity index (χ1n) is 7.36. The van der Waals surface area contributed by atoms with Crippen LogP contribution in [0.25, 0.3) is 0 Å². The van der Waals surface area contributed by atoms with Crippen molar-refractivity contribution in [3.63, 3.8) is 0 Å². The Morgan fingerprint density at radius 2 is 1.83 bits per heavy atom. The minimum Gasteiger partial charge on any atom is -0.345 e. The second kappa shape index (κ2) is 7.80. The number of benzene rings is 1. The molecule has 1 heterocycles. The normalized spacial score (nSPS) is 14.5. The van der Waals surface area contributed by atoms with E-state index >= 15 is 0 Å². The summed E-state index contributed by atoms with van der Waals surface area (Å²) in [5.74, 6) is -6.05. The average molecular weight is 343 g/mol. The number of piperidine rings is 1. The zero-order chi connectivity index (χ0) is 17.7. The van der Waals surface area contributed by atoms with Gasteiger partial charge in [-0.3, -0.25) is 14.4 Å². The Balaban J connectivity index is 1.81. The van der Waals surface area contributed by atoms with Gasteiger partial charge < -0.3 is 15.5 Å². The van der Waals surface area contributed by atoms with Gasteiger partial charge in [-0.25, -0.2) is 13.2 Å². The molecule has 0 aliphatic carbocycles. The molecule has 9 heteroatoms. The molecular formula is C15H16F3N3O3. The molecule has 3 amide bonds. The van der Waals surface area contributed by atoms with Crippen LogP contribution in [0.1, 0.15) is 19.3 Å². The van der Waals surface area contributed by atoms with Crippen LogP contribution in [0.3, 0.4) is 0 Å². The van der Waals surface area contributed by atoms with Crippen molar-refractivity contribution < 1.29 is 27.6 Å². The molecule has 1 aromatic carbocycles. The summed E-state index contributed by atoms with van der Waals surface area (Å²) < 4.78 is 39.2. The second-order valence-electron chi connectivity index (χ2n) is 5.32. The van der Waals surface area contributed by atoms with E-state index < -0.39 is 41.5 Å². The minimum absolute atomic E-state index is 0.121. The molecule has 130 valence electrons. The van der Waals surface area contributed by atoms with Gasteiger partial charge in [0.2, 0.25) is 17.7 Å². The van der Waals surface area contributed by atoms with Crippen LogP contribution in [-0.4, -0.2) is 42.3 Å². The molecule has 0 saturated carbocycles. The van der Waals surface area contributed by atoms with Crippen molar-refractivity contribution in [1.82, 2.24) is 10.2 Å². The molecule has 6 nitrogen and oxygen atoms in total. The number of carbonyl (C=O) groups is 3. The Morgan fingerprint density at radius 1 is 1.08 bits per heavy atom. The van der Waals surface area contributed by atoms with E-state index in [2.05, 4.69) is 5.32 Å². The van der Waals surface area contributed by atoms with Crippen molar-refractivity contribution in [2.45, 2.75) is 19.3 Å². The number of nitrogens with zero attached hydrogens (tertiary/aromatic N) is 1. The third-order valence-electron chi connectivity index (χ3n) is 3.51. The number of rotatable bonds is 5. The lowest BCUT2D eigenvalue weighted by Crippen LogP contribution is -2.44. The van der Waals surface area contributed by atoms with Crippen LogP contribution in [0, 0.1) is 17.5 Å². The van der Waals surface area contributed by atoms with Gasteiger partial charge in [0, 0.05) is 13.0 Å². The van der Waals surface area contributed by atoms with Crippen molar-refractivity contribution in [1.29, 1.82) is 0 Å². The molecule has 0 unspecified atom stereocenters. The third kappa shape index (κ3) is 4.46. The van der Waals surface area contributed by atoms with E-state index in [1.807, 2.05) is 5.32 Å². The van der Waals surface area contributed by atoms with E-state index in [4.69, 9.17) is 0 Å². The molecule has 0 radical (unpaired) electrons. The van der Waals surface area contributed by atoms with Crippen LogP contribution < -0.4 is 10.6 Å². The van der Waals surface area contributed by atoms with Gasteiger partial charge in [0.25, 0.3) is 0 Å². The first kappa shape index (κ1) is 17.8. The SMILES string of the molecule is O=C(CN1CCCCC1=O)NCC(=O)Nc1ccc(F)c(F)c1F. The smallest absolute Gasteiger partial charge is 0.243 e. The number of anilines is 1. The molecule has 1 aliphatic heterocycles. The summed E-state index contributed by atoms with van der Waals surface area (Å²) in [6, 6.07) is 1.55. The number of nitrogens with one attached hydrogen (secondary N) is 2. The highest BCUT2D eigenvalue weighted by molar-refractivity contribution is 5.95. The van der Waals surface area contributed by atoms with Crippen LogP contribution in [0.2, 0.25) is 0 Å². The molecule has 0 spiro atoms. The minimum atomic E-state index is -1.69. The fourth-order valence-electron chi connectivity index (χ4n) is 2.25. The fraction of sp³-hybridized carbons (Fsp3) is 0.400. The monoisotopic (exact) mass is 343 g/mol. The Labute approximate surface area is 136 Å². The summed E-state index contributed by atoms with van der Waals surface area (Å²) >= 11 is 0. The number of likely N-dealkylation sites (tertiary alicyclic amines) is 1. The summed E-state index contributed by atoms with van der Waals surface area (Å²) in [5.41, 5.74) is -0.528. The number of amides is 3. The molecule has 1 saturated heterocycles. The van der Waals surface area contributed by atoms with E-state index in [1.165, 1.54) is 4.90 Å². The molecule has 0 bridgehead atoms. The molecule has 0 atom stereocenters. The fourth-order valence-corrected chi connectivity index (χ4v) is 2.25. The Bertz CT molecular complexity index is 667. The van der Waals surface area contributed by atoms with Crippen LogP contribution in [-0.2, 0) is 14.4 Å². The summed E-state index contributed by atoms with van der Waals surface area (Å²) in [6.07, 6.45) is 2.00. The Kier molecular flexibility index (Phi) is 5.78. The van der Waals surface area contributed by atoms with E-state index in [9.17, 15) is 27.6 Å². The maximum absolute atomic E-state index is 13.4. The molecule has 24 heavy (non-hydrogen) atoms. The van der Waals surface area contributed by atoms with Gasteiger partial charge in [-0.15, -0.1) is 0 Å². The lowest BCUT2D eigenvalue weighted by atomic mass is 10.1. The highest BCUT2D eigenvalue weighted by Gasteiger charge is 2.21. The first-order valence-corrected chi connectivity index (χ1v) is 7.36. The van der Waals surface area contributed by atoms with Gasteiger partial charge in [-0.05, 0) is 25.0 Å². The van der Waals surface area contributed by atoms with Crippen LogP contribution in [0.15, 0.2) is 12.1 Å². The number of hydrogen-bond donors (Lipinski definition) is 2. The largest absolute Gasteiger partial charge is 0.345 e. The lowest BCUT2D eigenvalue weighted by molar-refractivity contribution is -0.137. The standard InChI is InChI=1S/C15H16F3N3O3/c16-9-4-5-10(15(18)14(9)17)20-11(22)7-19-12(23)8-21-6-2-1-3-13(21)24/h4-5H,1-3,6-8H2,(H,19,23)(H,20,22). The van der Waals surface area contributed by atoms with Gasteiger partial charge in [0.05, 0.1) is 18.8 Å². The summed E-state index contributed by atoms with van der Waals surface area (Å²) in [4.78, 5) is 36.3. The number of halogens is 3. The van der Waals surface area contributed by atoms with Crippen molar-refractivity contribution in [2.75, 3.05) is 25.0 Å². The molecule has 1 aliphatic rings. The average Bonchev–Trinajstić information content (AvgIpc) is 2.56. The highest BCUT2D eigenvalue weighted by Crippen LogP contribution is 2.19. The molecule has 2 rings (SSSR count). The second-order valence-corrected chi connectivity index (χ2v) is 5.32. The van der Waals surface area contributed by atoms with E-state index in [0.717, 1.165) is 18.9 Å².